The lowest BCUT2D eigenvalue weighted by atomic mass is 9.92. The first-order chi connectivity index (χ1) is 6.52. The summed E-state index contributed by atoms with van der Waals surface area (Å²) in [6.45, 7) is 0. The highest BCUT2D eigenvalue weighted by atomic mass is 16.7. The van der Waals surface area contributed by atoms with Crippen molar-refractivity contribution in [2.24, 2.45) is 5.92 Å². The Labute approximate surface area is 79.6 Å². The van der Waals surface area contributed by atoms with E-state index < -0.39 is 22.5 Å². The van der Waals surface area contributed by atoms with Gasteiger partial charge < -0.3 is 9.84 Å². The number of nitro groups is 1. The molecule has 1 rings (SSSR count). The molecule has 0 saturated heterocycles. The Morgan fingerprint density at radius 3 is 2.79 bits per heavy atom. The van der Waals surface area contributed by atoms with Crippen LogP contribution in [0.1, 0.15) is 0 Å². The van der Waals surface area contributed by atoms with Gasteiger partial charge in [-0.1, -0.05) is 18.2 Å². The Kier molecular flexibility index (Phi) is 2.66. The second-order valence-corrected chi connectivity index (χ2v) is 2.79. The third kappa shape index (κ3) is 1.51. The molecule has 0 heterocycles. The number of methoxy groups -OCH3 is 1. The third-order valence-electron chi connectivity index (χ3n) is 1.96. The summed E-state index contributed by atoms with van der Waals surface area (Å²) in [5.74, 6) is -2.14. The number of nitrogens with zero attached hydrogens (tertiary/aromatic N) is 1. The van der Waals surface area contributed by atoms with Crippen LogP contribution in [0, 0.1) is 16.0 Å². The molecule has 0 aromatic heterocycles. The topological polar surface area (TPSA) is 89.7 Å². The molecule has 0 bridgehead atoms. The molecule has 14 heavy (non-hydrogen) atoms. The highest BCUT2D eigenvalue weighted by molar-refractivity contribution is 5.76. The fraction of sp³-hybridized carbons (Fsp3) is 0.375. The molecule has 0 radical (unpaired) electrons. The molecule has 0 aromatic rings. The van der Waals surface area contributed by atoms with Crippen LogP contribution in [-0.2, 0) is 9.53 Å². The monoisotopic (exact) mass is 199 g/mol. The van der Waals surface area contributed by atoms with Crippen molar-refractivity contribution in [1.82, 2.24) is 0 Å². The van der Waals surface area contributed by atoms with E-state index in [1.165, 1.54) is 18.2 Å². The maximum absolute atomic E-state index is 11.1. The largest absolute Gasteiger partial charge is 0.468 e. The summed E-state index contributed by atoms with van der Waals surface area (Å²) in [4.78, 5) is 20.8. The molecule has 0 aliphatic heterocycles. The highest BCUT2D eigenvalue weighted by Gasteiger charge is 2.51. The first kappa shape index (κ1) is 10.4. The van der Waals surface area contributed by atoms with Crippen molar-refractivity contribution in [3.8, 4) is 0 Å². The van der Waals surface area contributed by atoms with E-state index in [0.29, 0.717) is 0 Å². The number of carbonyl (C=O) groups is 1. The second kappa shape index (κ2) is 3.59. The molecule has 6 nitrogen and oxygen atoms in total. The van der Waals surface area contributed by atoms with Crippen LogP contribution in [0.2, 0.25) is 0 Å². The minimum atomic E-state index is -2.40. The molecule has 0 saturated carbocycles. The van der Waals surface area contributed by atoms with Gasteiger partial charge in [-0.15, -0.1) is 0 Å². The Hall–Kier alpha value is -1.69. The van der Waals surface area contributed by atoms with Gasteiger partial charge in [-0.3, -0.25) is 14.9 Å². The zero-order valence-corrected chi connectivity index (χ0v) is 7.41. The Morgan fingerprint density at radius 2 is 2.29 bits per heavy atom. The normalized spacial score (nSPS) is 30.0. The summed E-state index contributed by atoms with van der Waals surface area (Å²) >= 11 is 0. The summed E-state index contributed by atoms with van der Waals surface area (Å²) in [5.41, 5.74) is -2.40. The average Bonchev–Trinajstić information content (AvgIpc) is 2.17. The van der Waals surface area contributed by atoms with Crippen molar-refractivity contribution >= 4 is 5.97 Å². The Balaban J connectivity index is 3.04. The number of rotatable bonds is 2. The molecule has 2 atom stereocenters. The first-order valence-electron chi connectivity index (χ1n) is 3.83. The standard InChI is InChI=1S/C8H9NO5/c1-14-7(10)6-4-2-3-5-8(6,11)9(12)13/h2-6,11H,1H3. The maximum atomic E-state index is 11.1. The molecule has 76 valence electrons. The summed E-state index contributed by atoms with van der Waals surface area (Å²) in [6, 6.07) is 0. The number of allylic oxidation sites excluding steroid dienone is 2. The zero-order valence-electron chi connectivity index (χ0n) is 7.41. The van der Waals surface area contributed by atoms with E-state index in [1.54, 1.807) is 0 Å². The summed E-state index contributed by atoms with van der Waals surface area (Å²) in [7, 11) is 1.11. The van der Waals surface area contributed by atoms with Crippen LogP contribution in [0.4, 0.5) is 0 Å². The van der Waals surface area contributed by atoms with Gasteiger partial charge in [-0.25, -0.2) is 0 Å². The molecule has 1 aliphatic carbocycles. The lowest BCUT2D eigenvalue weighted by molar-refractivity contribution is -0.614. The van der Waals surface area contributed by atoms with Gasteiger partial charge in [0, 0.05) is 6.08 Å². The quantitative estimate of drug-likeness (QED) is 0.289. The molecule has 2 unspecified atom stereocenters. The minimum Gasteiger partial charge on any atom is -0.468 e. The third-order valence-corrected chi connectivity index (χ3v) is 1.96. The van der Waals surface area contributed by atoms with Gasteiger partial charge in [0.2, 0.25) is 0 Å². The van der Waals surface area contributed by atoms with Crippen LogP contribution in [0.5, 0.6) is 0 Å². The lowest BCUT2D eigenvalue weighted by Gasteiger charge is -2.22. The van der Waals surface area contributed by atoms with Crippen LogP contribution >= 0.6 is 0 Å². The molecule has 1 N–H and O–H groups in total. The predicted molar refractivity (Wildman–Crippen MR) is 45.7 cm³/mol. The average molecular weight is 199 g/mol. The molecule has 1 aliphatic rings. The smallest absolute Gasteiger partial charge is 0.359 e. The van der Waals surface area contributed by atoms with Crippen LogP contribution in [0.25, 0.3) is 0 Å². The van der Waals surface area contributed by atoms with E-state index in [9.17, 15) is 20.0 Å². The lowest BCUT2D eigenvalue weighted by Crippen LogP contribution is -2.47. The van der Waals surface area contributed by atoms with Gasteiger partial charge in [-0.2, -0.15) is 0 Å². The Morgan fingerprint density at radius 1 is 1.64 bits per heavy atom. The number of carbonyl (C=O) groups excluding carboxylic acids is 1. The van der Waals surface area contributed by atoms with Crippen LogP contribution in [0.3, 0.4) is 0 Å². The van der Waals surface area contributed by atoms with Crippen LogP contribution < -0.4 is 0 Å². The summed E-state index contributed by atoms with van der Waals surface area (Å²) < 4.78 is 4.35. The van der Waals surface area contributed by atoms with Gasteiger partial charge in [0.15, 0.2) is 5.92 Å². The van der Waals surface area contributed by atoms with E-state index in [-0.39, 0.29) is 0 Å². The van der Waals surface area contributed by atoms with Crippen molar-refractivity contribution in [3.63, 3.8) is 0 Å². The summed E-state index contributed by atoms with van der Waals surface area (Å²) in [5, 5.41) is 20.1. The van der Waals surface area contributed by atoms with E-state index in [0.717, 1.165) is 13.2 Å². The van der Waals surface area contributed by atoms with E-state index in [1.807, 2.05) is 0 Å². The number of esters is 1. The molecular formula is C8H9NO5. The SMILES string of the molecule is COC(=O)C1C=CC=CC1(O)[N+](=O)[O-]. The molecule has 0 amide bonds. The molecule has 0 spiro atoms. The van der Waals surface area contributed by atoms with Crippen LogP contribution in [-0.4, -0.2) is 28.8 Å². The van der Waals surface area contributed by atoms with Crippen molar-refractivity contribution < 1.29 is 19.6 Å². The number of ether oxygens (including phenoxy) is 1. The van der Waals surface area contributed by atoms with Gasteiger partial charge in [0.05, 0.1) is 12.0 Å². The Bertz CT molecular complexity index is 322. The fourth-order valence-electron chi connectivity index (χ4n) is 1.17. The summed E-state index contributed by atoms with van der Waals surface area (Å²) in [6.07, 6.45) is 4.94. The highest BCUT2D eigenvalue weighted by Crippen LogP contribution is 2.26. The van der Waals surface area contributed by atoms with E-state index in [4.69, 9.17) is 0 Å². The number of aliphatic hydroxyl groups is 1. The van der Waals surface area contributed by atoms with Crippen molar-refractivity contribution in [2.75, 3.05) is 7.11 Å². The first-order valence-corrected chi connectivity index (χ1v) is 3.83. The molecule has 0 aromatic carbocycles. The zero-order chi connectivity index (χ0) is 10.8. The van der Waals surface area contributed by atoms with Crippen molar-refractivity contribution in [3.05, 3.63) is 34.4 Å². The second-order valence-electron chi connectivity index (χ2n) is 2.79. The maximum Gasteiger partial charge on any atom is 0.359 e. The fourth-order valence-corrected chi connectivity index (χ4v) is 1.17. The predicted octanol–water partition coefficient (Wildman–Crippen LogP) is -0.133. The number of hydrogen-bond donors (Lipinski definition) is 1. The van der Waals surface area contributed by atoms with Crippen LogP contribution in [0.15, 0.2) is 24.3 Å². The van der Waals surface area contributed by atoms with E-state index in [2.05, 4.69) is 4.74 Å². The van der Waals surface area contributed by atoms with E-state index >= 15 is 0 Å². The minimum absolute atomic E-state index is 0.843. The van der Waals surface area contributed by atoms with Gasteiger partial charge in [0.1, 0.15) is 0 Å². The van der Waals surface area contributed by atoms with Gasteiger partial charge in [-0.05, 0) is 0 Å². The molecule has 0 fully saturated rings. The number of hydrogen-bond acceptors (Lipinski definition) is 5. The van der Waals surface area contributed by atoms with Gasteiger partial charge >= 0.3 is 11.7 Å². The van der Waals surface area contributed by atoms with Gasteiger partial charge in [0.25, 0.3) is 0 Å². The van der Waals surface area contributed by atoms with Crippen molar-refractivity contribution in [1.29, 1.82) is 0 Å². The molecule has 6 heteroatoms. The van der Waals surface area contributed by atoms with Crippen molar-refractivity contribution in [2.45, 2.75) is 5.72 Å². The molecular weight excluding hydrogens is 190 g/mol.